The third-order valence-corrected chi connectivity index (χ3v) is 7.22. The summed E-state index contributed by atoms with van der Waals surface area (Å²) in [6, 6.07) is 0. The Bertz CT molecular complexity index is 324. The lowest BCUT2D eigenvalue weighted by Gasteiger charge is -2.57. The molecule has 0 N–H and O–H groups in total. The molecule has 0 radical (unpaired) electrons. The van der Waals surface area contributed by atoms with Crippen LogP contribution in [0.5, 0.6) is 0 Å². The highest BCUT2D eigenvalue weighted by atomic mass is 16.5. The lowest BCUT2D eigenvalue weighted by atomic mass is 9.48. The molecule has 4 aliphatic carbocycles. The highest BCUT2D eigenvalue weighted by molar-refractivity contribution is 5.01. The Hall–Kier alpha value is -0.0400. The zero-order valence-corrected chi connectivity index (χ0v) is 16.5. The van der Waals surface area contributed by atoms with Gasteiger partial charge in [0.1, 0.15) is 0 Å². The molecule has 0 spiro atoms. The van der Waals surface area contributed by atoms with E-state index in [-0.39, 0.29) is 0 Å². The summed E-state index contributed by atoms with van der Waals surface area (Å²) in [5, 5.41) is 0. The first-order valence-corrected chi connectivity index (χ1v) is 11.3. The minimum absolute atomic E-state index is 0.402. The van der Waals surface area contributed by atoms with Gasteiger partial charge < -0.3 is 4.74 Å². The van der Waals surface area contributed by atoms with Gasteiger partial charge >= 0.3 is 0 Å². The predicted octanol–water partition coefficient (Wildman–Crippen LogP) is 7.14. The molecule has 4 bridgehead atoms. The SMILES string of the molecule is CC(C)OCCCCCCCCCCC12CC3CC(CC(C3)C1)C2. The number of unbranched alkanes of at least 4 members (excludes halogenated alkanes) is 7. The molecule has 0 unspecified atom stereocenters. The predicted molar refractivity (Wildman–Crippen MR) is 103 cm³/mol. The molecule has 4 saturated carbocycles. The molecule has 0 aromatic carbocycles. The van der Waals surface area contributed by atoms with Crippen LogP contribution >= 0.6 is 0 Å². The Morgan fingerprint density at radius 1 is 0.708 bits per heavy atom. The normalized spacial score (nSPS) is 34.4. The van der Waals surface area contributed by atoms with Gasteiger partial charge in [0.15, 0.2) is 0 Å². The third-order valence-electron chi connectivity index (χ3n) is 7.22. The fourth-order valence-electron chi connectivity index (χ4n) is 6.58. The monoisotopic (exact) mass is 334 g/mol. The quantitative estimate of drug-likeness (QED) is 0.345. The first-order valence-electron chi connectivity index (χ1n) is 11.3. The highest BCUT2D eigenvalue weighted by Crippen LogP contribution is 2.61. The van der Waals surface area contributed by atoms with Crippen LogP contribution in [0.3, 0.4) is 0 Å². The van der Waals surface area contributed by atoms with E-state index >= 15 is 0 Å². The summed E-state index contributed by atoms with van der Waals surface area (Å²) in [5.41, 5.74) is 0.825. The summed E-state index contributed by atoms with van der Waals surface area (Å²) in [4.78, 5) is 0. The van der Waals surface area contributed by atoms with Gasteiger partial charge in [-0.25, -0.2) is 0 Å². The molecular formula is C23H42O. The molecule has 1 nitrogen and oxygen atoms in total. The molecule has 0 aliphatic heterocycles. The molecular weight excluding hydrogens is 292 g/mol. The van der Waals surface area contributed by atoms with Crippen LogP contribution in [-0.2, 0) is 4.74 Å². The second-order valence-corrected chi connectivity index (χ2v) is 9.92. The summed E-state index contributed by atoms with van der Waals surface area (Å²) in [6.07, 6.45) is 23.0. The van der Waals surface area contributed by atoms with Crippen LogP contribution in [0.1, 0.15) is 110 Å². The van der Waals surface area contributed by atoms with E-state index in [4.69, 9.17) is 4.74 Å². The fourth-order valence-corrected chi connectivity index (χ4v) is 6.58. The van der Waals surface area contributed by atoms with Crippen LogP contribution in [-0.4, -0.2) is 12.7 Å². The molecule has 0 aromatic rings. The summed E-state index contributed by atoms with van der Waals surface area (Å²) in [5.74, 6) is 3.41. The maximum Gasteiger partial charge on any atom is 0.0518 e. The Morgan fingerprint density at radius 2 is 1.17 bits per heavy atom. The summed E-state index contributed by atoms with van der Waals surface area (Å²) >= 11 is 0. The fraction of sp³-hybridized carbons (Fsp3) is 1.00. The third kappa shape index (κ3) is 5.48. The molecule has 0 heterocycles. The minimum Gasteiger partial charge on any atom is -0.379 e. The van der Waals surface area contributed by atoms with E-state index in [0.717, 1.165) is 29.8 Å². The Labute approximate surface area is 151 Å². The van der Waals surface area contributed by atoms with Crippen molar-refractivity contribution >= 4 is 0 Å². The van der Waals surface area contributed by atoms with Crippen molar-refractivity contribution in [3.63, 3.8) is 0 Å². The van der Waals surface area contributed by atoms with Gasteiger partial charge in [0.2, 0.25) is 0 Å². The van der Waals surface area contributed by atoms with Crippen molar-refractivity contribution in [2.24, 2.45) is 23.2 Å². The molecule has 0 saturated heterocycles. The van der Waals surface area contributed by atoms with Gasteiger partial charge in [-0.15, -0.1) is 0 Å². The van der Waals surface area contributed by atoms with Crippen LogP contribution in [0.2, 0.25) is 0 Å². The summed E-state index contributed by atoms with van der Waals surface area (Å²) in [7, 11) is 0. The second kappa shape index (κ2) is 9.06. The van der Waals surface area contributed by atoms with E-state index < -0.39 is 0 Å². The molecule has 0 aromatic heterocycles. The van der Waals surface area contributed by atoms with Gasteiger partial charge in [-0.05, 0) is 88.4 Å². The van der Waals surface area contributed by atoms with Gasteiger partial charge in [-0.2, -0.15) is 0 Å². The number of hydrogen-bond acceptors (Lipinski definition) is 1. The number of hydrogen-bond donors (Lipinski definition) is 0. The molecule has 4 rings (SSSR count). The zero-order valence-electron chi connectivity index (χ0n) is 16.5. The second-order valence-electron chi connectivity index (χ2n) is 9.92. The maximum atomic E-state index is 5.60. The molecule has 0 amide bonds. The lowest BCUT2D eigenvalue weighted by molar-refractivity contribution is -0.0583. The summed E-state index contributed by atoms with van der Waals surface area (Å²) < 4.78 is 5.60. The Morgan fingerprint density at radius 3 is 1.67 bits per heavy atom. The zero-order chi connectivity index (χ0) is 16.8. The van der Waals surface area contributed by atoms with Crippen molar-refractivity contribution < 1.29 is 4.74 Å². The van der Waals surface area contributed by atoms with E-state index in [1.165, 1.54) is 51.4 Å². The minimum atomic E-state index is 0.402. The lowest BCUT2D eigenvalue weighted by Crippen LogP contribution is -2.45. The standard InChI is InChI=1S/C23H42O/c1-19(2)24-12-10-8-6-4-3-5-7-9-11-23-16-20-13-21(17-23)15-22(14-20)18-23/h19-22H,3-18H2,1-2H3. The number of rotatable bonds is 12. The topological polar surface area (TPSA) is 9.23 Å². The molecule has 4 fully saturated rings. The van der Waals surface area contributed by atoms with Gasteiger partial charge in [-0.3, -0.25) is 0 Å². The van der Waals surface area contributed by atoms with Crippen LogP contribution in [0.25, 0.3) is 0 Å². The van der Waals surface area contributed by atoms with E-state index in [1.807, 2.05) is 0 Å². The van der Waals surface area contributed by atoms with Gasteiger partial charge in [-0.1, -0.05) is 44.9 Å². The van der Waals surface area contributed by atoms with Crippen LogP contribution in [0, 0.1) is 23.2 Å². The molecule has 4 aliphatic rings. The van der Waals surface area contributed by atoms with Crippen molar-refractivity contribution in [2.45, 2.75) is 116 Å². The highest BCUT2D eigenvalue weighted by Gasteiger charge is 2.50. The van der Waals surface area contributed by atoms with E-state index in [0.29, 0.717) is 6.10 Å². The first-order chi connectivity index (χ1) is 11.7. The van der Waals surface area contributed by atoms with E-state index in [9.17, 15) is 0 Å². The molecule has 24 heavy (non-hydrogen) atoms. The largest absolute Gasteiger partial charge is 0.379 e. The average Bonchev–Trinajstić information content (AvgIpc) is 2.51. The molecule has 140 valence electrons. The van der Waals surface area contributed by atoms with Crippen molar-refractivity contribution in [3.05, 3.63) is 0 Å². The van der Waals surface area contributed by atoms with Crippen LogP contribution in [0.15, 0.2) is 0 Å². The van der Waals surface area contributed by atoms with E-state index in [2.05, 4.69) is 13.8 Å². The van der Waals surface area contributed by atoms with Crippen LogP contribution < -0.4 is 0 Å². The maximum absolute atomic E-state index is 5.60. The van der Waals surface area contributed by atoms with Crippen LogP contribution in [0.4, 0.5) is 0 Å². The van der Waals surface area contributed by atoms with Crippen molar-refractivity contribution in [1.82, 2.24) is 0 Å². The van der Waals surface area contributed by atoms with Gasteiger partial charge in [0.05, 0.1) is 6.10 Å². The van der Waals surface area contributed by atoms with Crippen molar-refractivity contribution in [3.8, 4) is 0 Å². The van der Waals surface area contributed by atoms with Crippen molar-refractivity contribution in [2.75, 3.05) is 6.61 Å². The molecule has 0 atom stereocenters. The first kappa shape index (κ1) is 18.7. The smallest absolute Gasteiger partial charge is 0.0518 e. The average molecular weight is 335 g/mol. The summed E-state index contributed by atoms with van der Waals surface area (Å²) in [6.45, 7) is 5.22. The Balaban J connectivity index is 1.17. The van der Waals surface area contributed by atoms with Gasteiger partial charge in [0.25, 0.3) is 0 Å². The van der Waals surface area contributed by atoms with Crippen molar-refractivity contribution in [1.29, 1.82) is 0 Å². The van der Waals surface area contributed by atoms with Gasteiger partial charge in [0, 0.05) is 6.61 Å². The van der Waals surface area contributed by atoms with E-state index in [1.54, 1.807) is 44.9 Å². The Kier molecular flexibility index (Phi) is 7.07. The number of ether oxygens (including phenoxy) is 1. The molecule has 1 heteroatoms.